The first-order valence-electron chi connectivity index (χ1n) is 10.1. The zero-order valence-electron chi connectivity index (χ0n) is 15.6. The molecule has 1 unspecified atom stereocenters. The molecule has 0 aromatic heterocycles. The fraction of sp³-hybridized carbons (Fsp3) is 0.714. The summed E-state index contributed by atoms with van der Waals surface area (Å²) in [7, 11) is 0. The predicted molar refractivity (Wildman–Crippen MR) is 99.6 cm³/mol. The second-order valence-corrected chi connectivity index (χ2v) is 7.27. The summed E-state index contributed by atoms with van der Waals surface area (Å²) >= 11 is 0. The van der Waals surface area contributed by atoms with Crippen molar-refractivity contribution >= 4 is 0 Å². The van der Waals surface area contributed by atoms with Crippen molar-refractivity contribution in [2.24, 2.45) is 0 Å². The number of hydrogen-bond donors (Lipinski definition) is 1. The molecule has 1 saturated carbocycles. The number of hydrogen-bond acceptors (Lipinski definition) is 5. The molecule has 146 valence electrons. The van der Waals surface area contributed by atoms with Crippen molar-refractivity contribution in [2.45, 2.75) is 76.3 Å². The van der Waals surface area contributed by atoms with Gasteiger partial charge < -0.3 is 24.1 Å². The molecule has 0 spiro atoms. The molecule has 0 radical (unpaired) electrons. The Balaban J connectivity index is 1.20. The van der Waals surface area contributed by atoms with Gasteiger partial charge in [0.1, 0.15) is 17.6 Å². The highest BCUT2D eigenvalue weighted by atomic mass is 16.7. The Hall–Kier alpha value is -1.30. The molecule has 2 fully saturated rings. The van der Waals surface area contributed by atoms with Crippen LogP contribution in [0, 0.1) is 0 Å². The van der Waals surface area contributed by atoms with E-state index in [2.05, 4.69) is 0 Å². The van der Waals surface area contributed by atoms with Crippen LogP contribution in [-0.2, 0) is 9.47 Å². The summed E-state index contributed by atoms with van der Waals surface area (Å²) in [5.74, 6) is 1.67. The van der Waals surface area contributed by atoms with Crippen LogP contribution < -0.4 is 9.47 Å². The normalized spacial score (nSPS) is 25.5. The van der Waals surface area contributed by atoms with Crippen LogP contribution in [0.15, 0.2) is 24.3 Å². The molecule has 1 heterocycles. The molecule has 0 bridgehead atoms. The van der Waals surface area contributed by atoms with Crippen LogP contribution in [0.5, 0.6) is 11.5 Å². The summed E-state index contributed by atoms with van der Waals surface area (Å²) in [5.41, 5.74) is 0. The van der Waals surface area contributed by atoms with E-state index in [1.165, 1.54) is 12.8 Å². The van der Waals surface area contributed by atoms with Crippen LogP contribution in [0.4, 0.5) is 0 Å². The molecule has 1 aliphatic carbocycles. The number of aliphatic hydroxyl groups is 1. The van der Waals surface area contributed by atoms with E-state index in [-0.39, 0.29) is 18.5 Å². The van der Waals surface area contributed by atoms with Crippen LogP contribution in [0.3, 0.4) is 0 Å². The Bertz CT molecular complexity index is 509. The molecule has 26 heavy (non-hydrogen) atoms. The van der Waals surface area contributed by atoms with Gasteiger partial charge in [-0.3, -0.25) is 0 Å². The predicted octanol–water partition coefficient (Wildman–Crippen LogP) is 4.07. The lowest BCUT2D eigenvalue weighted by Crippen LogP contribution is -2.37. The van der Waals surface area contributed by atoms with E-state index >= 15 is 0 Å². The van der Waals surface area contributed by atoms with Crippen LogP contribution >= 0.6 is 0 Å². The molecule has 3 rings (SSSR count). The molecule has 1 aliphatic heterocycles. The van der Waals surface area contributed by atoms with E-state index in [1.54, 1.807) is 0 Å². The molecule has 2 aliphatic rings. The summed E-state index contributed by atoms with van der Waals surface area (Å²) in [4.78, 5) is 0. The molecule has 1 saturated heterocycles. The molecule has 1 N–H and O–H groups in total. The van der Waals surface area contributed by atoms with E-state index in [9.17, 15) is 5.11 Å². The molecular formula is C21H32O5. The first-order chi connectivity index (χ1) is 12.8. The lowest BCUT2D eigenvalue weighted by molar-refractivity contribution is -0.162. The van der Waals surface area contributed by atoms with Crippen LogP contribution in [-0.4, -0.2) is 43.4 Å². The van der Waals surface area contributed by atoms with E-state index in [0.717, 1.165) is 76.3 Å². The first kappa shape index (κ1) is 19.5. The summed E-state index contributed by atoms with van der Waals surface area (Å²) in [6.07, 6.45) is 9.27. The van der Waals surface area contributed by atoms with Crippen molar-refractivity contribution in [2.75, 3.05) is 19.8 Å². The number of rotatable bonds is 11. The second-order valence-electron chi connectivity index (χ2n) is 7.27. The standard InChI is InChI=1S/C21H32O5/c22-17-14-20(15-17)26-19-9-7-8-18(16-19)23-11-4-1-2-5-12-24-21-10-3-6-13-25-21/h7-9,16-17,20-22H,1-6,10-15H2. The van der Waals surface area contributed by atoms with Gasteiger partial charge in [0.2, 0.25) is 0 Å². The molecule has 0 amide bonds. The molecule has 5 nitrogen and oxygen atoms in total. The summed E-state index contributed by atoms with van der Waals surface area (Å²) < 4.78 is 22.9. The molecule has 1 aromatic carbocycles. The lowest BCUT2D eigenvalue weighted by atomic mass is 9.92. The average Bonchev–Trinajstić information content (AvgIpc) is 2.64. The Kier molecular flexibility index (Phi) is 8.05. The van der Waals surface area contributed by atoms with Crippen molar-refractivity contribution in [1.82, 2.24) is 0 Å². The Labute approximate surface area is 156 Å². The van der Waals surface area contributed by atoms with Gasteiger partial charge in [-0.25, -0.2) is 0 Å². The zero-order chi connectivity index (χ0) is 18.0. The number of unbranched alkanes of at least 4 members (excludes halogenated alkanes) is 3. The molecule has 1 aromatic rings. The van der Waals surface area contributed by atoms with Crippen molar-refractivity contribution in [1.29, 1.82) is 0 Å². The number of aliphatic hydroxyl groups excluding tert-OH is 1. The van der Waals surface area contributed by atoms with Gasteiger partial charge in [0, 0.05) is 32.1 Å². The van der Waals surface area contributed by atoms with E-state index in [0.29, 0.717) is 0 Å². The minimum Gasteiger partial charge on any atom is -0.493 e. The third-order valence-electron chi connectivity index (χ3n) is 4.93. The fourth-order valence-electron chi connectivity index (χ4n) is 3.27. The smallest absolute Gasteiger partial charge is 0.157 e. The van der Waals surface area contributed by atoms with Gasteiger partial charge in [0.15, 0.2) is 6.29 Å². The largest absolute Gasteiger partial charge is 0.493 e. The number of ether oxygens (including phenoxy) is 4. The Morgan fingerprint density at radius 2 is 1.81 bits per heavy atom. The van der Waals surface area contributed by atoms with Crippen molar-refractivity contribution in [3.8, 4) is 11.5 Å². The molecule has 5 heteroatoms. The van der Waals surface area contributed by atoms with Gasteiger partial charge in [-0.05, 0) is 50.7 Å². The third kappa shape index (κ3) is 6.78. The maximum absolute atomic E-state index is 9.32. The number of benzene rings is 1. The van der Waals surface area contributed by atoms with Crippen molar-refractivity contribution in [3.05, 3.63) is 24.3 Å². The minimum absolute atomic E-state index is 0.0322. The van der Waals surface area contributed by atoms with Crippen molar-refractivity contribution < 1.29 is 24.1 Å². The summed E-state index contributed by atoms with van der Waals surface area (Å²) in [5, 5.41) is 9.32. The average molecular weight is 364 g/mol. The highest BCUT2D eigenvalue weighted by molar-refractivity contribution is 5.33. The minimum atomic E-state index is -0.194. The molecular weight excluding hydrogens is 332 g/mol. The van der Waals surface area contributed by atoms with Gasteiger partial charge in [-0.15, -0.1) is 0 Å². The summed E-state index contributed by atoms with van der Waals surface area (Å²) in [6.45, 7) is 2.36. The first-order valence-corrected chi connectivity index (χ1v) is 10.1. The van der Waals surface area contributed by atoms with E-state index < -0.39 is 0 Å². The monoisotopic (exact) mass is 364 g/mol. The SMILES string of the molecule is OC1CC(Oc2cccc(OCCCCCCOC3CCCCO3)c2)C1. The fourth-order valence-corrected chi connectivity index (χ4v) is 3.27. The molecule has 1 atom stereocenters. The lowest BCUT2D eigenvalue weighted by Gasteiger charge is -2.31. The van der Waals surface area contributed by atoms with Gasteiger partial charge in [0.05, 0.1) is 12.7 Å². The highest BCUT2D eigenvalue weighted by Crippen LogP contribution is 2.27. The van der Waals surface area contributed by atoms with E-state index in [4.69, 9.17) is 18.9 Å². The van der Waals surface area contributed by atoms with Crippen LogP contribution in [0.25, 0.3) is 0 Å². The third-order valence-corrected chi connectivity index (χ3v) is 4.93. The topological polar surface area (TPSA) is 57.2 Å². The zero-order valence-corrected chi connectivity index (χ0v) is 15.6. The maximum atomic E-state index is 9.32. The van der Waals surface area contributed by atoms with Crippen molar-refractivity contribution in [3.63, 3.8) is 0 Å². The maximum Gasteiger partial charge on any atom is 0.157 e. The van der Waals surface area contributed by atoms with Gasteiger partial charge in [0.25, 0.3) is 0 Å². The van der Waals surface area contributed by atoms with Gasteiger partial charge in [-0.2, -0.15) is 0 Å². The van der Waals surface area contributed by atoms with Crippen LogP contribution in [0.1, 0.15) is 57.8 Å². The second kappa shape index (κ2) is 10.8. The Morgan fingerprint density at radius 1 is 1.00 bits per heavy atom. The van der Waals surface area contributed by atoms with Crippen LogP contribution in [0.2, 0.25) is 0 Å². The quantitative estimate of drug-likeness (QED) is 0.600. The Morgan fingerprint density at radius 3 is 2.58 bits per heavy atom. The summed E-state index contributed by atoms with van der Waals surface area (Å²) in [6, 6.07) is 7.78. The van der Waals surface area contributed by atoms with E-state index in [1.807, 2.05) is 24.3 Å². The van der Waals surface area contributed by atoms with Gasteiger partial charge in [-0.1, -0.05) is 12.5 Å². The highest BCUT2D eigenvalue weighted by Gasteiger charge is 2.28. The van der Waals surface area contributed by atoms with Gasteiger partial charge >= 0.3 is 0 Å².